The Hall–Kier alpha value is -1.10. The molecule has 0 aliphatic heterocycles. The first kappa shape index (κ1) is 11.0. The molecule has 0 heterocycles. The zero-order valence-electron chi connectivity index (χ0n) is 8.28. The number of nitrogens with zero attached hydrogens (tertiary/aromatic N) is 1. The predicted molar refractivity (Wildman–Crippen MR) is 53.8 cm³/mol. The molecule has 14 heavy (non-hydrogen) atoms. The van der Waals surface area contributed by atoms with Gasteiger partial charge in [-0.25, -0.2) is 0 Å². The van der Waals surface area contributed by atoms with Crippen molar-refractivity contribution in [2.24, 2.45) is 0 Å². The monoisotopic (exact) mass is 217 g/mol. The molecule has 0 aliphatic carbocycles. The minimum absolute atomic E-state index is 0.299. The quantitative estimate of drug-likeness (QED) is 0.708. The van der Waals surface area contributed by atoms with Gasteiger partial charge in [0, 0.05) is 19.8 Å². The van der Waals surface area contributed by atoms with Gasteiger partial charge in [0.1, 0.15) is 4.90 Å². The fourth-order valence-corrected chi connectivity index (χ4v) is 1.71. The number of benzene rings is 1. The molecule has 0 saturated heterocycles. The summed E-state index contributed by atoms with van der Waals surface area (Å²) >= 11 is 0. The maximum Gasteiger partial charge on any atom is 0.332 e. The van der Waals surface area contributed by atoms with Crippen LogP contribution in [0.15, 0.2) is 23.1 Å². The van der Waals surface area contributed by atoms with E-state index in [4.69, 9.17) is 0 Å². The lowest BCUT2D eigenvalue weighted by molar-refractivity contribution is 0.552. The van der Waals surface area contributed by atoms with E-state index >= 15 is 0 Å². The second-order valence-electron chi connectivity index (χ2n) is 3.28. The van der Waals surface area contributed by atoms with Crippen LogP contribution in [0.3, 0.4) is 0 Å². The summed E-state index contributed by atoms with van der Waals surface area (Å²) in [5.74, 6) is 0. The molecule has 0 spiro atoms. The molecule has 0 N–H and O–H groups in total. The van der Waals surface area contributed by atoms with E-state index in [0.717, 1.165) is 5.56 Å². The molecule has 78 valence electrons. The third-order valence-corrected chi connectivity index (χ3v) is 2.76. The topological polar surface area (TPSA) is 37.4 Å². The highest BCUT2D eigenvalue weighted by molar-refractivity contribution is 7.86. The molecule has 0 saturated carbocycles. The van der Waals surface area contributed by atoms with Crippen LogP contribution in [-0.4, -0.2) is 22.5 Å². The second-order valence-corrected chi connectivity index (χ2v) is 4.63. The summed E-state index contributed by atoms with van der Waals surface area (Å²) in [5.41, 5.74) is 1.60. The minimum Gasteiger partial charge on any atom is -0.377 e. The van der Waals surface area contributed by atoms with Gasteiger partial charge < -0.3 is 4.90 Å². The summed E-state index contributed by atoms with van der Waals surface area (Å²) in [5, 5.41) is 0. The first-order chi connectivity index (χ1) is 6.32. The van der Waals surface area contributed by atoms with Crippen LogP contribution >= 0.6 is 0 Å². The first-order valence-electron chi connectivity index (χ1n) is 4.05. The van der Waals surface area contributed by atoms with Crippen molar-refractivity contribution in [3.05, 3.63) is 23.8 Å². The van der Waals surface area contributed by atoms with Gasteiger partial charge in [-0.3, -0.25) is 0 Å². The minimum atomic E-state index is -4.60. The highest BCUT2D eigenvalue weighted by Gasteiger charge is 2.13. The summed E-state index contributed by atoms with van der Waals surface area (Å²) < 4.78 is 33.9. The molecule has 5 heteroatoms. The zero-order valence-corrected chi connectivity index (χ0v) is 9.10. The van der Waals surface area contributed by atoms with Crippen LogP contribution in [0, 0.1) is 6.92 Å². The van der Waals surface area contributed by atoms with Gasteiger partial charge in [-0.05, 0) is 24.6 Å². The molecule has 1 rings (SSSR count). The Balaban J connectivity index is 3.34. The van der Waals surface area contributed by atoms with Crippen LogP contribution in [-0.2, 0) is 10.2 Å². The van der Waals surface area contributed by atoms with Gasteiger partial charge in [0.15, 0.2) is 0 Å². The first-order valence-corrected chi connectivity index (χ1v) is 5.43. The van der Waals surface area contributed by atoms with Gasteiger partial charge in [0.2, 0.25) is 0 Å². The normalized spacial score (nSPS) is 11.4. The van der Waals surface area contributed by atoms with E-state index in [-0.39, 0.29) is 4.90 Å². The van der Waals surface area contributed by atoms with E-state index in [9.17, 15) is 12.3 Å². The molecule has 0 unspecified atom stereocenters. The van der Waals surface area contributed by atoms with Crippen molar-refractivity contribution < 1.29 is 12.3 Å². The van der Waals surface area contributed by atoms with Crippen molar-refractivity contribution >= 4 is 15.9 Å². The summed E-state index contributed by atoms with van der Waals surface area (Å²) in [6.07, 6.45) is 0. The Labute approximate surface area is 83.4 Å². The predicted octanol–water partition coefficient (Wildman–Crippen LogP) is 1.72. The average molecular weight is 217 g/mol. The fourth-order valence-electron chi connectivity index (χ4n) is 1.22. The molecule has 0 aliphatic rings. The molecule has 0 fully saturated rings. The number of hydrogen-bond acceptors (Lipinski definition) is 3. The van der Waals surface area contributed by atoms with E-state index in [0.29, 0.717) is 5.69 Å². The third-order valence-electron chi connectivity index (χ3n) is 1.94. The fraction of sp³-hybridized carbons (Fsp3) is 0.333. The van der Waals surface area contributed by atoms with Gasteiger partial charge >= 0.3 is 10.2 Å². The Kier molecular flexibility index (Phi) is 2.80. The highest BCUT2D eigenvalue weighted by atomic mass is 32.3. The van der Waals surface area contributed by atoms with E-state index in [2.05, 4.69) is 0 Å². The van der Waals surface area contributed by atoms with Crippen molar-refractivity contribution in [3.63, 3.8) is 0 Å². The van der Waals surface area contributed by atoms with Crippen LogP contribution in [0.4, 0.5) is 9.57 Å². The highest BCUT2D eigenvalue weighted by Crippen LogP contribution is 2.23. The Bertz CT molecular complexity index is 440. The van der Waals surface area contributed by atoms with Crippen molar-refractivity contribution in [2.45, 2.75) is 11.8 Å². The Morgan fingerprint density at radius 3 is 2.29 bits per heavy atom. The van der Waals surface area contributed by atoms with Crippen molar-refractivity contribution in [1.29, 1.82) is 0 Å². The number of rotatable bonds is 2. The molecule has 1 aromatic rings. The summed E-state index contributed by atoms with van der Waals surface area (Å²) in [4.78, 5) is 1.44. The van der Waals surface area contributed by atoms with E-state index < -0.39 is 10.2 Å². The van der Waals surface area contributed by atoms with E-state index in [1.165, 1.54) is 12.1 Å². The molecular weight excluding hydrogens is 205 g/mol. The van der Waals surface area contributed by atoms with E-state index in [1.54, 1.807) is 25.1 Å². The van der Waals surface area contributed by atoms with Gasteiger partial charge in [0.05, 0.1) is 0 Å². The molecule has 0 bridgehead atoms. The number of anilines is 1. The summed E-state index contributed by atoms with van der Waals surface area (Å²) in [6, 6.07) is 4.17. The standard InChI is InChI=1S/C9H12FNO2S/c1-7-4-5-8(14(10,12)13)6-9(7)11(2)3/h4-6H,1-3H3. The molecule has 3 nitrogen and oxygen atoms in total. The lowest BCUT2D eigenvalue weighted by atomic mass is 10.2. The van der Waals surface area contributed by atoms with Crippen LogP contribution in [0.1, 0.15) is 5.56 Å². The number of halogens is 1. The van der Waals surface area contributed by atoms with Crippen LogP contribution in [0.5, 0.6) is 0 Å². The van der Waals surface area contributed by atoms with Gasteiger partial charge in [-0.2, -0.15) is 8.42 Å². The summed E-state index contributed by atoms with van der Waals surface area (Å²) in [7, 11) is -1.05. The Morgan fingerprint density at radius 2 is 1.86 bits per heavy atom. The molecule has 0 radical (unpaired) electrons. The smallest absolute Gasteiger partial charge is 0.332 e. The van der Waals surface area contributed by atoms with Gasteiger partial charge in [-0.15, -0.1) is 3.89 Å². The lowest BCUT2D eigenvalue weighted by Crippen LogP contribution is -2.10. The molecule has 0 aromatic heterocycles. The Morgan fingerprint density at radius 1 is 1.29 bits per heavy atom. The average Bonchev–Trinajstić information content (AvgIpc) is 2.02. The number of aryl methyl sites for hydroxylation is 1. The molecular formula is C9H12FNO2S. The zero-order chi connectivity index (χ0) is 10.9. The largest absolute Gasteiger partial charge is 0.377 e. The maximum absolute atomic E-state index is 12.7. The van der Waals surface area contributed by atoms with Crippen LogP contribution < -0.4 is 4.90 Å². The van der Waals surface area contributed by atoms with Crippen LogP contribution in [0.25, 0.3) is 0 Å². The van der Waals surface area contributed by atoms with Gasteiger partial charge in [-0.1, -0.05) is 6.07 Å². The molecule has 0 amide bonds. The molecule has 0 atom stereocenters. The van der Waals surface area contributed by atoms with Crippen molar-refractivity contribution in [2.75, 3.05) is 19.0 Å². The lowest BCUT2D eigenvalue weighted by Gasteiger charge is -2.15. The van der Waals surface area contributed by atoms with Crippen LogP contribution in [0.2, 0.25) is 0 Å². The van der Waals surface area contributed by atoms with E-state index in [1.807, 2.05) is 6.92 Å². The van der Waals surface area contributed by atoms with Crippen molar-refractivity contribution in [1.82, 2.24) is 0 Å². The number of hydrogen-bond donors (Lipinski definition) is 0. The third kappa shape index (κ3) is 2.23. The molecule has 1 aromatic carbocycles. The maximum atomic E-state index is 12.7. The van der Waals surface area contributed by atoms with Gasteiger partial charge in [0.25, 0.3) is 0 Å². The van der Waals surface area contributed by atoms with Crippen molar-refractivity contribution in [3.8, 4) is 0 Å². The summed E-state index contributed by atoms with van der Waals surface area (Å²) in [6.45, 7) is 1.84. The second kappa shape index (κ2) is 3.57. The SMILES string of the molecule is Cc1ccc(S(=O)(=O)F)cc1N(C)C.